The maximum Gasteiger partial charge on any atom is 0.303 e. The summed E-state index contributed by atoms with van der Waals surface area (Å²) >= 11 is 0. The molecule has 1 N–H and O–H groups in total. The molecule has 20 heavy (non-hydrogen) atoms. The fraction of sp³-hybridized carbons (Fsp3) is 0.588. The summed E-state index contributed by atoms with van der Waals surface area (Å²) < 4.78 is 0. The number of benzene rings is 1. The molecule has 0 aromatic heterocycles. The molecule has 2 atom stereocenters. The van der Waals surface area contributed by atoms with Crippen molar-refractivity contribution in [2.24, 2.45) is 11.8 Å². The van der Waals surface area contributed by atoms with Crippen LogP contribution in [0.1, 0.15) is 31.7 Å². The molecule has 1 heterocycles. The number of likely N-dealkylation sites (tertiary alicyclic amines) is 1. The van der Waals surface area contributed by atoms with Crippen molar-refractivity contribution >= 4 is 5.97 Å². The number of carboxylic acid groups (broad SMARTS) is 1. The smallest absolute Gasteiger partial charge is 0.303 e. The van der Waals surface area contributed by atoms with E-state index in [0.29, 0.717) is 12.3 Å². The Balaban J connectivity index is 1.80. The van der Waals surface area contributed by atoms with Crippen LogP contribution in [0.15, 0.2) is 30.3 Å². The molecule has 3 heteroatoms. The van der Waals surface area contributed by atoms with Crippen LogP contribution in [0.4, 0.5) is 0 Å². The van der Waals surface area contributed by atoms with Gasteiger partial charge in [-0.05, 0) is 43.2 Å². The van der Waals surface area contributed by atoms with E-state index in [9.17, 15) is 4.79 Å². The first-order chi connectivity index (χ1) is 9.65. The highest BCUT2D eigenvalue weighted by atomic mass is 16.4. The van der Waals surface area contributed by atoms with Crippen LogP contribution in [0.2, 0.25) is 0 Å². The van der Waals surface area contributed by atoms with Gasteiger partial charge in [0.05, 0.1) is 0 Å². The highest BCUT2D eigenvalue weighted by molar-refractivity contribution is 5.67. The minimum atomic E-state index is -0.668. The van der Waals surface area contributed by atoms with Gasteiger partial charge < -0.3 is 10.0 Å². The van der Waals surface area contributed by atoms with Crippen LogP contribution in [0.5, 0.6) is 0 Å². The average molecular weight is 275 g/mol. The lowest BCUT2D eigenvalue weighted by Crippen LogP contribution is -2.39. The van der Waals surface area contributed by atoms with Crippen molar-refractivity contribution in [3.63, 3.8) is 0 Å². The lowest BCUT2D eigenvalue weighted by molar-refractivity contribution is -0.138. The van der Waals surface area contributed by atoms with E-state index in [0.717, 1.165) is 26.1 Å². The van der Waals surface area contributed by atoms with E-state index < -0.39 is 5.97 Å². The Kier molecular flexibility index (Phi) is 5.60. The Morgan fingerprint density at radius 1 is 1.40 bits per heavy atom. The van der Waals surface area contributed by atoms with Gasteiger partial charge in [0.25, 0.3) is 0 Å². The van der Waals surface area contributed by atoms with Crippen molar-refractivity contribution in [3.8, 4) is 0 Å². The van der Waals surface area contributed by atoms with Crippen molar-refractivity contribution in [1.82, 2.24) is 4.90 Å². The Bertz CT molecular complexity index is 418. The van der Waals surface area contributed by atoms with Crippen LogP contribution < -0.4 is 0 Å². The second-order valence-electron chi connectivity index (χ2n) is 6.01. The molecule has 0 radical (unpaired) electrons. The van der Waals surface area contributed by atoms with Crippen LogP contribution in [0.3, 0.4) is 0 Å². The van der Waals surface area contributed by atoms with Crippen molar-refractivity contribution in [3.05, 3.63) is 35.9 Å². The minimum Gasteiger partial charge on any atom is -0.481 e. The Hall–Kier alpha value is -1.35. The molecule has 3 nitrogen and oxygen atoms in total. The summed E-state index contributed by atoms with van der Waals surface area (Å²) in [5.41, 5.74) is 1.38. The van der Waals surface area contributed by atoms with E-state index in [-0.39, 0.29) is 5.92 Å². The first-order valence-corrected chi connectivity index (χ1v) is 7.63. The van der Waals surface area contributed by atoms with Gasteiger partial charge in [0, 0.05) is 19.5 Å². The summed E-state index contributed by atoms with van der Waals surface area (Å²) in [6, 6.07) is 10.6. The number of nitrogens with zero attached hydrogens (tertiary/aromatic N) is 1. The molecule has 0 saturated carbocycles. The fourth-order valence-corrected chi connectivity index (χ4v) is 3.13. The number of hydrogen-bond donors (Lipinski definition) is 1. The molecule has 0 bridgehead atoms. The van der Waals surface area contributed by atoms with Gasteiger partial charge in [0.1, 0.15) is 0 Å². The van der Waals surface area contributed by atoms with E-state index in [4.69, 9.17) is 5.11 Å². The van der Waals surface area contributed by atoms with E-state index in [1.165, 1.54) is 18.4 Å². The molecule has 0 spiro atoms. The van der Waals surface area contributed by atoms with Gasteiger partial charge in [-0.1, -0.05) is 37.3 Å². The third-order valence-electron chi connectivity index (χ3n) is 4.40. The number of aliphatic carboxylic acids is 1. The van der Waals surface area contributed by atoms with Crippen molar-refractivity contribution in [2.75, 3.05) is 19.6 Å². The van der Waals surface area contributed by atoms with Gasteiger partial charge >= 0.3 is 5.97 Å². The van der Waals surface area contributed by atoms with Crippen molar-refractivity contribution < 1.29 is 9.90 Å². The van der Waals surface area contributed by atoms with Crippen molar-refractivity contribution in [2.45, 2.75) is 32.6 Å². The summed E-state index contributed by atoms with van der Waals surface area (Å²) in [5.74, 6) is 0.154. The van der Waals surface area contributed by atoms with Crippen LogP contribution in [-0.2, 0) is 11.2 Å². The summed E-state index contributed by atoms with van der Waals surface area (Å²) in [4.78, 5) is 13.3. The molecule has 110 valence electrons. The lowest BCUT2D eigenvalue weighted by atomic mass is 9.84. The van der Waals surface area contributed by atoms with Gasteiger partial charge in [-0.15, -0.1) is 0 Å². The molecular weight excluding hydrogens is 250 g/mol. The van der Waals surface area contributed by atoms with E-state index >= 15 is 0 Å². The predicted octanol–water partition coefficient (Wildman–Crippen LogP) is 3.05. The maximum atomic E-state index is 10.8. The van der Waals surface area contributed by atoms with Crippen LogP contribution in [-0.4, -0.2) is 35.6 Å². The highest BCUT2D eigenvalue weighted by Gasteiger charge is 2.25. The molecule has 1 aromatic rings. The van der Waals surface area contributed by atoms with Crippen molar-refractivity contribution in [1.29, 1.82) is 0 Å². The molecule has 1 fully saturated rings. The zero-order valence-corrected chi connectivity index (χ0v) is 12.3. The summed E-state index contributed by atoms with van der Waals surface area (Å²) in [6.07, 6.45) is 3.76. The second kappa shape index (κ2) is 7.44. The topological polar surface area (TPSA) is 40.5 Å². The van der Waals surface area contributed by atoms with Gasteiger partial charge in [0.2, 0.25) is 0 Å². The van der Waals surface area contributed by atoms with Crippen LogP contribution in [0.25, 0.3) is 0 Å². The number of piperidine rings is 1. The van der Waals surface area contributed by atoms with Crippen LogP contribution >= 0.6 is 0 Å². The number of carboxylic acids is 1. The zero-order valence-electron chi connectivity index (χ0n) is 12.3. The quantitative estimate of drug-likeness (QED) is 0.867. The molecular formula is C17H25NO2. The first-order valence-electron chi connectivity index (χ1n) is 7.63. The summed E-state index contributed by atoms with van der Waals surface area (Å²) in [6.45, 7) is 5.38. The fourth-order valence-electron chi connectivity index (χ4n) is 3.13. The molecule has 1 saturated heterocycles. The monoisotopic (exact) mass is 275 g/mol. The van der Waals surface area contributed by atoms with Gasteiger partial charge in [-0.2, -0.15) is 0 Å². The van der Waals surface area contributed by atoms with Crippen LogP contribution in [0, 0.1) is 11.8 Å². The predicted molar refractivity (Wildman–Crippen MR) is 80.7 cm³/mol. The third-order valence-corrected chi connectivity index (χ3v) is 4.40. The molecule has 1 aliphatic rings. The molecule has 1 aliphatic heterocycles. The van der Waals surface area contributed by atoms with Gasteiger partial charge in [-0.3, -0.25) is 4.79 Å². The molecule has 2 unspecified atom stereocenters. The maximum absolute atomic E-state index is 10.8. The standard InChI is InChI=1S/C17H25NO2/c1-14(12-17(19)20)16-8-5-10-18(13-16)11-9-15-6-3-2-4-7-15/h2-4,6-7,14,16H,5,8-13H2,1H3,(H,19,20). The molecule has 0 aliphatic carbocycles. The van der Waals surface area contributed by atoms with E-state index in [2.05, 4.69) is 36.1 Å². The number of carbonyl (C=O) groups is 1. The summed E-state index contributed by atoms with van der Waals surface area (Å²) in [5, 5.41) is 8.92. The Labute approximate surface area is 121 Å². The third kappa shape index (κ3) is 4.64. The number of rotatable bonds is 6. The zero-order chi connectivity index (χ0) is 14.4. The Morgan fingerprint density at radius 3 is 2.85 bits per heavy atom. The first kappa shape index (κ1) is 15.0. The normalized spacial score (nSPS) is 21.6. The number of hydrogen-bond acceptors (Lipinski definition) is 2. The largest absolute Gasteiger partial charge is 0.481 e. The highest BCUT2D eigenvalue weighted by Crippen LogP contribution is 2.26. The average Bonchev–Trinajstić information content (AvgIpc) is 2.46. The van der Waals surface area contributed by atoms with E-state index in [1.54, 1.807) is 0 Å². The van der Waals surface area contributed by atoms with E-state index in [1.807, 2.05) is 6.07 Å². The molecule has 2 rings (SSSR count). The molecule has 1 aromatic carbocycles. The van der Waals surface area contributed by atoms with Gasteiger partial charge in [-0.25, -0.2) is 0 Å². The SMILES string of the molecule is CC(CC(=O)O)C1CCCN(CCc2ccccc2)C1. The van der Waals surface area contributed by atoms with Gasteiger partial charge in [0.15, 0.2) is 0 Å². The second-order valence-corrected chi connectivity index (χ2v) is 6.01. The molecule has 0 amide bonds. The minimum absolute atomic E-state index is 0.284. The Morgan fingerprint density at radius 2 is 2.15 bits per heavy atom. The summed E-state index contributed by atoms with van der Waals surface area (Å²) in [7, 11) is 0. The lowest BCUT2D eigenvalue weighted by Gasteiger charge is -2.35.